The van der Waals surface area contributed by atoms with E-state index < -0.39 is 10.0 Å². The molecule has 0 atom stereocenters. The molecule has 2 N–H and O–H groups in total. The van der Waals surface area contributed by atoms with E-state index in [2.05, 4.69) is 39.8 Å². The van der Waals surface area contributed by atoms with Gasteiger partial charge in [-0.2, -0.15) is 4.31 Å². The smallest absolute Gasteiger partial charge is 0.243 e. The van der Waals surface area contributed by atoms with Gasteiger partial charge in [-0.25, -0.2) is 13.4 Å². The molecule has 2 heterocycles. The lowest BCUT2D eigenvalue weighted by Crippen LogP contribution is -2.36. The molecule has 3 rings (SSSR count). The van der Waals surface area contributed by atoms with E-state index in [0.29, 0.717) is 43.0 Å². The summed E-state index contributed by atoms with van der Waals surface area (Å²) in [5.74, 6) is 1.11. The first-order chi connectivity index (χ1) is 14.4. The molecule has 0 bridgehead atoms. The third-order valence-electron chi connectivity index (χ3n) is 5.13. The van der Waals surface area contributed by atoms with Crippen molar-refractivity contribution in [3.63, 3.8) is 0 Å². The maximum absolute atomic E-state index is 12.8. The van der Waals surface area contributed by atoms with E-state index in [1.54, 1.807) is 34.8 Å². The van der Waals surface area contributed by atoms with Crippen molar-refractivity contribution in [3.8, 4) is 0 Å². The van der Waals surface area contributed by atoms with Gasteiger partial charge < -0.3 is 10.6 Å². The summed E-state index contributed by atoms with van der Waals surface area (Å²) < 4.78 is 27.1. The summed E-state index contributed by atoms with van der Waals surface area (Å²) in [7, 11) is -1.66. The molecule has 0 aliphatic carbocycles. The maximum atomic E-state index is 12.8. The van der Waals surface area contributed by atoms with Gasteiger partial charge in [-0.05, 0) is 36.5 Å². The summed E-state index contributed by atoms with van der Waals surface area (Å²) in [5.41, 5.74) is 2.10. The monoisotopic (exact) mass is 577 g/mol. The molecule has 7 nitrogen and oxygen atoms in total. The molecule has 172 valence electrons. The normalized spacial score (nSPS) is 15.5. The number of guanidine groups is 1. The molecule has 10 heteroatoms. The van der Waals surface area contributed by atoms with Gasteiger partial charge >= 0.3 is 0 Å². The number of halogens is 1. The van der Waals surface area contributed by atoms with E-state index in [-0.39, 0.29) is 24.0 Å². The first-order valence-electron chi connectivity index (χ1n) is 10.4. The van der Waals surface area contributed by atoms with E-state index in [1.807, 2.05) is 12.1 Å². The number of nitrogens with one attached hydrogen (secondary N) is 2. The Labute approximate surface area is 206 Å². The average Bonchev–Trinajstić information content (AvgIpc) is 3.24. The third-order valence-corrected chi connectivity index (χ3v) is 7.91. The summed E-state index contributed by atoms with van der Waals surface area (Å²) in [6, 6.07) is 7.10. The van der Waals surface area contributed by atoms with E-state index in [4.69, 9.17) is 0 Å². The van der Waals surface area contributed by atoms with Crippen LogP contribution in [0.2, 0.25) is 0 Å². The van der Waals surface area contributed by atoms with Crippen molar-refractivity contribution in [3.05, 3.63) is 45.9 Å². The highest BCUT2D eigenvalue weighted by Gasteiger charge is 2.25. The van der Waals surface area contributed by atoms with Crippen molar-refractivity contribution in [1.29, 1.82) is 0 Å². The zero-order valence-electron chi connectivity index (χ0n) is 18.3. The molecule has 0 unspecified atom stereocenters. The molecule has 0 spiro atoms. The minimum absolute atomic E-state index is 0. The van der Waals surface area contributed by atoms with Crippen LogP contribution in [0, 0.1) is 0 Å². The number of aliphatic imine (C=N–C) groups is 1. The Morgan fingerprint density at radius 2 is 1.77 bits per heavy atom. The van der Waals surface area contributed by atoms with Crippen LogP contribution in [0.3, 0.4) is 0 Å². The Balaban J connectivity index is 0.00000341. The van der Waals surface area contributed by atoms with Crippen LogP contribution in [-0.4, -0.2) is 43.8 Å². The van der Waals surface area contributed by atoms with Crippen molar-refractivity contribution in [2.75, 3.05) is 20.1 Å². The number of hydrogen-bond acceptors (Lipinski definition) is 5. The van der Waals surface area contributed by atoms with E-state index in [9.17, 15) is 8.42 Å². The molecule has 0 radical (unpaired) electrons. The van der Waals surface area contributed by atoms with Gasteiger partial charge in [0, 0.05) is 32.1 Å². The Kier molecular flexibility index (Phi) is 10.2. The van der Waals surface area contributed by atoms with Gasteiger partial charge in [-0.1, -0.05) is 32.4 Å². The summed E-state index contributed by atoms with van der Waals surface area (Å²) in [5, 5.41) is 9.65. The molecule has 1 aliphatic rings. The number of piperidine rings is 1. The van der Waals surface area contributed by atoms with Crippen molar-refractivity contribution in [2.45, 2.75) is 57.0 Å². The summed E-state index contributed by atoms with van der Waals surface area (Å²) >= 11 is 1.64. The number of thiazole rings is 1. The molecular weight excluding hydrogens is 545 g/mol. The summed E-state index contributed by atoms with van der Waals surface area (Å²) in [6.45, 7) is 6.67. The molecule has 31 heavy (non-hydrogen) atoms. The average molecular weight is 578 g/mol. The number of nitrogens with zero attached hydrogens (tertiary/aromatic N) is 3. The fourth-order valence-corrected chi connectivity index (χ4v) is 5.68. The molecule has 0 saturated carbocycles. The second-order valence-corrected chi connectivity index (χ2v) is 10.6. The number of hydrogen-bond donors (Lipinski definition) is 2. The Bertz CT molecular complexity index is 952. The van der Waals surface area contributed by atoms with Crippen molar-refractivity contribution in [1.82, 2.24) is 19.9 Å². The predicted molar refractivity (Wildman–Crippen MR) is 138 cm³/mol. The fourth-order valence-electron chi connectivity index (χ4n) is 3.27. The third kappa shape index (κ3) is 7.13. The lowest BCUT2D eigenvalue weighted by atomic mass is 10.2. The maximum Gasteiger partial charge on any atom is 0.243 e. The topological polar surface area (TPSA) is 86.7 Å². The summed E-state index contributed by atoms with van der Waals surface area (Å²) in [4.78, 5) is 9.23. The van der Waals surface area contributed by atoms with E-state index in [0.717, 1.165) is 35.5 Å². The van der Waals surface area contributed by atoms with Gasteiger partial charge in [-0.15, -0.1) is 35.3 Å². The Hall–Kier alpha value is -1.24. The molecule has 1 aromatic heterocycles. The first-order valence-corrected chi connectivity index (χ1v) is 12.7. The largest absolute Gasteiger partial charge is 0.352 e. The highest BCUT2D eigenvalue weighted by atomic mass is 127. The van der Waals surface area contributed by atoms with E-state index >= 15 is 0 Å². The first kappa shape index (κ1) is 26.0. The SMILES string of the molecule is CN=C(NCc1ccc(S(=O)(=O)N2CCCCC2)cc1)NCc1nc(C(C)C)cs1.I. The zero-order valence-corrected chi connectivity index (χ0v) is 22.3. The van der Waals surface area contributed by atoms with Gasteiger partial charge in [-0.3, -0.25) is 4.99 Å². The van der Waals surface area contributed by atoms with Gasteiger partial charge in [0.2, 0.25) is 10.0 Å². The van der Waals surface area contributed by atoms with Crippen LogP contribution in [0.4, 0.5) is 0 Å². The number of rotatable bonds is 7. The second kappa shape index (κ2) is 12.1. The van der Waals surface area contributed by atoms with Crippen molar-refractivity contribution < 1.29 is 8.42 Å². The second-order valence-electron chi connectivity index (χ2n) is 7.71. The highest BCUT2D eigenvalue weighted by molar-refractivity contribution is 14.0. The molecule has 1 saturated heterocycles. The minimum Gasteiger partial charge on any atom is -0.352 e. The Morgan fingerprint density at radius 1 is 1.13 bits per heavy atom. The number of sulfonamides is 1. The predicted octanol–water partition coefficient (Wildman–Crippen LogP) is 3.92. The van der Waals surface area contributed by atoms with Crippen LogP contribution in [-0.2, 0) is 23.1 Å². The van der Waals surface area contributed by atoms with Crippen molar-refractivity contribution >= 4 is 51.3 Å². The fraction of sp³-hybridized carbons (Fsp3) is 0.524. The van der Waals surface area contributed by atoms with Gasteiger partial charge in [0.1, 0.15) is 5.01 Å². The van der Waals surface area contributed by atoms with Crippen LogP contribution < -0.4 is 10.6 Å². The highest BCUT2D eigenvalue weighted by Crippen LogP contribution is 2.21. The van der Waals surface area contributed by atoms with Crippen LogP contribution in [0.15, 0.2) is 39.5 Å². The standard InChI is InChI=1S/C21H31N5O2S2.HI/c1-16(2)19-15-29-20(25-19)14-24-21(22-3)23-13-17-7-9-18(10-8-17)30(27,28)26-11-5-4-6-12-26;/h7-10,15-16H,4-6,11-14H2,1-3H3,(H2,22,23,24);1H. The van der Waals surface area contributed by atoms with Gasteiger partial charge in [0.15, 0.2) is 5.96 Å². The molecule has 0 amide bonds. The lowest BCUT2D eigenvalue weighted by Gasteiger charge is -2.25. The number of benzene rings is 1. The van der Waals surface area contributed by atoms with Crippen molar-refractivity contribution in [2.24, 2.45) is 4.99 Å². The summed E-state index contributed by atoms with van der Waals surface area (Å²) in [6.07, 6.45) is 2.98. The van der Waals surface area contributed by atoms with Crippen LogP contribution in [0.5, 0.6) is 0 Å². The van der Waals surface area contributed by atoms with Crippen LogP contribution in [0.1, 0.15) is 55.3 Å². The number of aromatic nitrogens is 1. The quantitative estimate of drug-likeness (QED) is 0.296. The molecule has 1 fully saturated rings. The molecule has 1 aliphatic heterocycles. The minimum atomic E-state index is -3.39. The Morgan fingerprint density at radius 3 is 2.35 bits per heavy atom. The molecule has 1 aromatic carbocycles. The van der Waals surface area contributed by atoms with Crippen LogP contribution >= 0.6 is 35.3 Å². The molecule has 2 aromatic rings. The van der Waals surface area contributed by atoms with E-state index in [1.165, 1.54) is 0 Å². The lowest BCUT2D eigenvalue weighted by molar-refractivity contribution is 0.346. The van der Waals surface area contributed by atoms with Gasteiger partial charge in [0.05, 0.1) is 17.1 Å². The van der Waals surface area contributed by atoms with Gasteiger partial charge in [0.25, 0.3) is 0 Å². The zero-order chi connectivity index (χ0) is 21.6. The van der Waals surface area contributed by atoms with Crippen LogP contribution in [0.25, 0.3) is 0 Å². The molecular formula is C21H32IN5O2S2.